The number of piperazine rings is 1. The van der Waals surface area contributed by atoms with E-state index in [-0.39, 0.29) is 29.9 Å². The number of hydrogen-bond donors (Lipinski definition) is 1. The minimum Gasteiger partial charge on any atom is -0.493 e. The number of rotatable bonds is 10. The zero-order valence-corrected chi connectivity index (χ0v) is 26.7. The summed E-state index contributed by atoms with van der Waals surface area (Å²) in [6, 6.07) is 22.4. The highest BCUT2D eigenvalue weighted by Gasteiger charge is 2.42. The summed E-state index contributed by atoms with van der Waals surface area (Å²) in [5.74, 6) is 1.24. The summed E-state index contributed by atoms with van der Waals surface area (Å²) in [6.45, 7) is 3.06. The van der Waals surface area contributed by atoms with Crippen molar-refractivity contribution in [3.8, 4) is 11.5 Å². The van der Waals surface area contributed by atoms with Crippen molar-refractivity contribution in [1.82, 2.24) is 15.1 Å². The largest absolute Gasteiger partial charge is 0.493 e. The molecule has 0 spiro atoms. The van der Waals surface area contributed by atoms with E-state index in [2.05, 4.69) is 22.3 Å². The van der Waals surface area contributed by atoms with E-state index in [1.54, 1.807) is 14.2 Å². The lowest BCUT2D eigenvalue weighted by atomic mass is 10.1. The van der Waals surface area contributed by atoms with Gasteiger partial charge in [-0.1, -0.05) is 48.2 Å². The first-order valence-electron chi connectivity index (χ1n) is 15.2. The van der Waals surface area contributed by atoms with Crippen LogP contribution >= 0.6 is 11.8 Å². The lowest BCUT2D eigenvalue weighted by molar-refractivity contribution is -0.135. The molecule has 0 saturated carbocycles. The number of carbonyl (C=O) groups is 3. The minimum atomic E-state index is -0.845. The molecule has 3 aromatic carbocycles. The molecule has 1 saturated heterocycles. The van der Waals surface area contributed by atoms with Crippen molar-refractivity contribution >= 4 is 51.9 Å². The maximum atomic E-state index is 13.7. The number of ether oxygens (including phenoxy) is 2. The van der Waals surface area contributed by atoms with Gasteiger partial charge in [-0.05, 0) is 48.4 Å². The molecule has 3 heterocycles. The number of methoxy groups -OCH3 is 2. The summed E-state index contributed by atoms with van der Waals surface area (Å²) in [6.07, 6.45) is 0.602. The highest BCUT2D eigenvalue weighted by atomic mass is 32.2. The van der Waals surface area contributed by atoms with Crippen molar-refractivity contribution in [1.29, 1.82) is 0 Å². The highest BCUT2D eigenvalue weighted by Crippen LogP contribution is 2.34. The van der Waals surface area contributed by atoms with Crippen molar-refractivity contribution in [2.45, 2.75) is 18.9 Å². The van der Waals surface area contributed by atoms with Gasteiger partial charge in [0.15, 0.2) is 16.7 Å². The number of hydrogen-bond acceptors (Lipinski definition) is 9. The Morgan fingerprint density at radius 1 is 0.935 bits per heavy atom. The molecule has 3 aliphatic heterocycles. The van der Waals surface area contributed by atoms with Crippen LogP contribution in [0.3, 0.4) is 0 Å². The topological polar surface area (TPSA) is 116 Å². The van der Waals surface area contributed by atoms with Crippen LogP contribution in [-0.2, 0) is 20.8 Å². The molecule has 0 radical (unpaired) electrons. The molecule has 12 heteroatoms. The van der Waals surface area contributed by atoms with Crippen LogP contribution < -0.4 is 19.7 Å². The van der Waals surface area contributed by atoms with Crippen LogP contribution in [0.25, 0.3) is 0 Å². The van der Waals surface area contributed by atoms with Crippen molar-refractivity contribution in [2.75, 3.05) is 57.6 Å². The van der Waals surface area contributed by atoms with E-state index < -0.39 is 6.04 Å². The Balaban J connectivity index is 1.06. The molecule has 0 bridgehead atoms. The summed E-state index contributed by atoms with van der Waals surface area (Å²) in [7, 11) is 3.17. The van der Waals surface area contributed by atoms with Gasteiger partial charge in [0, 0.05) is 44.0 Å². The fourth-order valence-electron chi connectivity index (χ4n) is 5.74. The molecule has 3 amide bonds. The Labute approximate surface area is 272 Å². The normalized spacial score (nSPS) is 17.1. The number of fused-ring (bicyclic) bond motifs is 3. The molecule has 3 aliphatic rings. The van der Waals surface area contributed by atoms with Gasteiger partial charge < -0.3 is 24.6 Å². The van der Waals surface area contributed by atoms with Gasteiger partial charge in [0.25, 0.3) is 5.91 Å². The van der Waals surface area contributed by atoms with Crippen LogP contribution in [0.2, 0.25) is 0 Å². The van der Waals surface area contributed by atoms with E-state index in [0.29, 0.717) is 54.2 Å². The van der Waals surface area contributed by atoms with Gasteiger partial charge in [-0.15, -0.1) is 0 Å². The maximum absolute atomic E-state index is 13.7. The van der Waals surface area contributed by atoms with Crippen LogP contribution in [0.5, 0.6) is 11.5 Å². The minimum absolute atomic E-state index is 0.0130. The average Bonchev–Trinajstić information content (AvgIpc) is 3.43. The molecule has 0 aromatic heterocycles. The number of para-hydroxylation sites is 2. The SMILES string of the molecule is COc1ccc(CCNC(=O)CSC2=Nc3ccccc3C3=NC(CC(=O)N4CCN(c5ccccc5)CC4)C(=O)N23)cc1OC. The molecular formula is C34H36N6O5S. The van der Waals surface area contributed by atoms with E-state index in [4.69, 9.17) is 19.5 Å². The number of benzene rings is 3. The molecule has 1 unspecified atom stereocenters. The summed E-state index contributed by atoms with van der Waals surface area (Å²) < 4.78 is 10.7. The molecular weight excluding hydrogens is 604 g/mol. The van der Waals surface area contributed by atoms with Crippen LogP contribution in [0.1, 0.15) is 17.5 Å². The molecule has 0 aliphatic carbocycles. The standard InChI is InChI=1S/C34H36N6O5S/c1-44-28-13-12-23(20-29(28)45-2)14-15-35-30(41)22-46-34-37-26-11-7-6-10-25(26)32-36-27(33(43)40(32)34)21-31(42)39-18-16-38(17-19-39)24-8-4-3-5-9-24/h3-13,20,27H,14-19,21-22H2,1-2H3,(H,35,41). The second-order valence-corrected chi connectivity index (χ2v) is 12.0. The number of carbonyl (C=O) groups excluding carboxylic acids is 3. The zero-order valence-electron chi connectivity index (χ0n) is 25.8. The van der Waals surface area contributed by atoms with E-state index in [9.17, 15) is 14.4 Å². The molecule has 238 valence electrons. The monoisotopic (exact) mass is 640 g/mol. The summed E-state index contributed by atoms with van der Waals surface area (Å²) in [4.78, 5) is 54.8. The van der Waals surface area contributed by atoms with E-state index >= 15 is 0 Å². The fraction of sp³-hybridized carbons (Fsp3) is 0.324. The predicted octanol–water partition coefficient (Wildman–Crippen LogP) is 3.49. The zero-order chi connectivity index (χ0) is 32.0. The Morgan fingerprint density at radius 3 is 2.43 bits per heavy atom. The summed E-state index contributed by atoms with van der Waals surface area (Å²) >= 11 is 1.18. The van der Waals surface area contributed by atoms with Crippen LogP contribution in [0.4, 0.5) is 11.4 Å². The summed E-state index contributed by atoms with van der Waals surface area (Å²) in [5, 5.41) is 3.32. The maximum Gasteiger partial charge on any atom is 0.259 e. The lowest BCUT2D eigenvalue weighted by Gasteiger charge is -2.36. The van der Waals surface area contributed by atoms with Gasteiger partial charge in [0.2, 0.25) is 11.8 Å². The Morgan fingerprint density at radius 2 is 1.67 bits per heavy atom. The number of aliphatic imine (C=N–C) groups is 2. The van der Waals surface area contributed by atoms with Crippen molar-refractivity contribution in [2.24, 2.45) is 9.98 Å². The van der Waals surface area contributed by atoms with Crippen LogP contribution in [0, 0.1) is 0 Å². The predicted molar refractivity (Wildman–Crippen MR) is 179 cm³/mol. The van der Waals surface area contributed by atoms with Gasteiger partial charge in [0.05, 0.1) is 32.1 Å². The van der Waals surface area contributed by atoms with Gasteiger partial charge in [0.1, 0.15) is 11.9 Å². The molecule has 3 aromatic rings. The molecule has 1 N–H and O–H groups in total. The average molecular weight is 641 g/mol. The number of thioether (sulfide) groups is 1. The molecule has 1 atom stereocenters. The molecule has 11 nitrogen and oxygen atoms in total. The Kier molecular flexibility index (Phi) is 9.53. The molecule has 6 rings (SSSR count). The quantitative estimate of drug-likeness (QED) is 0.361. The van der Waals surface area contributed by atoms with E-state index in [0.717, 1.165) is 29.9 Å². The van der Waals surface area contributed by atoms with Crippen molar-refractivity contribution in [3.05, 3.63) is 83.9 Å². The number of nitrogens with zero attached hydrogens (tertiary/aromatic N) is 5. The van der Waals surface area contributed by atoms with Gasteiger partial charge in [-0.2, -0.15) is 0 Å². The lowest BCUT2D eigenvalue weighted by Crippen LogP contribution is -2.50. The first-order valence-corrected chi connectivity index (χ1v) is 16.2. The van der Waals surface area contributed by atoms with E-state index in [1.165, 1.54) is 16.7 Å². The number of amides is 3. The first kappa shape index (κ1) is 31.2. The third-order valence-electron chi connectivity index (χ3n) is 8.19. The van der Waals surface area contributed by atoms with Gasteiger partial charge in [-0.3, -0.25) is 19.4 Å². The first-order chi connectivity index (χ1) is 22.4. The third-order valence-corrected chi connectivity index (χ3v) is 9.12. The van der Waals surface area contributed by atoms with Crippen LogP contribution in [0.15, 0.2) is 82.8 Å². The molecule has 1 fully saturated rings. The van der Waals surface area contributed by atoms with Crippen molar-refractivity contribution in [3.63, 3.8) is 0 Å². The van der Waals surface area contributed by atoms with Crippen molar-refractivity contribution < 1.29 is 23.9 Å². The second-order valence-electron chi connectivity index (χ2n) is 11.0. The highest BCUT2D eigenvalue weighted by molar-refractivity contribution is 8.14. The third kappa shape index (κ3) is 6.71. The second kappa shape index (κ2) is 14.1. The number of nitrogens with one attached hydrogen (secondary N) is 1. The Bertz CT molecular complexity index is 1670. The number of amidine groups is 2. The van der Waals surface area contributed by atoms with Gasteiger partial charge >= 0.3 is 0 Å². The summed E-state index contributed by atoms with van der Waals surface area (Å²) in [5.41, 5.74) is 3.54. The molecule has 46 heavy (non-hydrogen) atoms. The van der Waals surface area contributed by atoms with Gasteiger partial charge in [-0.25, -0.2) is 9.89 Å². The van der Waals surface area contributed by atoms with E-state index in [1.807, 2.05) is 65.6 Å². The number of anilines is 1. The van der Waals surface area contributed by atoms with Crippen LogP contribution in [-0.4, -0.2) is 97.3 Å². The smallest absolute Gasteiger partial charge is 0.259 e. The fourth-order valence-corrected chi connectivity index (χ4v) is 6.57. The Hall–Kier alpha value is -4.84.